The van der Waals surface area contributed by atoms with Crippen LogP contribution in [0.3, 0.4) is 0 Å². The molecule has 0 bridgehead atoms. The first kappa shape index (κ1) is 16.5. The summed E-state index contributed by atoms with van der Waals surface area (Å²) in [6, 6.07) is 10.5. The van der Waals surface area contributed by atoms with E-state index in [4.69, 9.17) is 5.11 Å². The molecule has 0 aliphatic carbocycles. The molecule has 0 aromatic heterocycles. The lowest BCUT2D eigenvalue weighted by atomic mass is 9.95. The van der Waals surface area contributed by atoms with Gasteiger partial charge in [-0.2, -0.15) is 13.2 Å². The molecule has 6 heteroatoms. The smallest absolute Gasteiger partial charge is 0.395 e. The van der Waals surface area contributed by atoms with Gasteiger partial charge in [0.15, 0.2) is 0 Å². The zero-order valence-electron chi connectivity index (χ0n) is 12.8. The molecule has 2 aromatic rings. The van der Waals surface area contributed by atoms with Gasteiger partial charge in [-0.3, -0.25) is 4.79 Å². The summed E-state index contributed by atoms with van der Waals surface area (Å²) in [6.45, 7) is 0.122. The van der Waals surface area contributed by atoms with Gasteiger partial charge in [0, 0.05) is 18.7 Å². The van der Waals surface area contributed by atoms with Gasteiger partial charge in [-0.15, -0.1) is 0 Å². The van der Waals surface area contributed by atoms with E-state index in [0.717, 1.165) is 28.9 Å². The maximum absolute atomic E-state index is 12.6. The number of halogens is 3. The summed E-state index contributed by atoms with van der Waals surface area (Å²) in [6.07, 6.45) is -3.40. The molecule has 1 aliphatic rings. The number of anilines is 1. The Labute approximate surface area is 137 Å². The zero-order valence-corrected chi connectivity index (χ0v) is 12.8. The van der Waals surface area contributed by atoms with Crippen LogP contribution in [-0.4, -0.2) is 24.2 Å². The maximum Gasteiger partial charge on any atom is 0.416 e. The number of aliphatic hydroxyl groups excluding tert-OH is 1. The number of alkyl halides is 3. The summed E-state index contributed by atoms with van der Waals surface area (Å²) in [4.78, 5) is 13.5. The number of hydrogen-bond donors (Lipinski definition) is 1. The molecule has 1 amide bonds. The molecule has 0 saturated heterocycles. The van der Waals surface area contributed by atoms with E-state index >= 15 is 0 Å². The highest BCUT2D eigenvalue weighted by molar-refractivity contribution is 5.96. The van der Waals surface area contributed by atoms with Gasteiger partial charge in [-0.05, 0) is 47.4 Å². The number of fused-ring (bicyclic) bond motifs is 1. The molecule has 3 nitrogen and oxygen atoms in total. The van der Waals surface area contributed by atoms with Crippen molar-refractivity contribution in [2.45, 2.75) is 19.0 Å². The predicted octanol–water partition coefficient (Wildman–Crippen LogP) is 3.64. The third-order valence-corrected chi connectivity index (χ3v) is 4.15. The Morgan fingerprint density at radius 2 is 1.67 bits per heavy atom. The van der Waals surface area contributed by atoms with Crippen molar-refractivity contribution in [2.75, 3.05) is 18.1 Å². The fraction of sp³-hybridized carbons (Fsp3) is 0.278. The largest absolute Gasteiger partial charge is 0.416 e. The topological polar surface area (TPSA) is 40.5 Å². The second-order valence-electron chi connectivity index (χ2n) is 5.69. The predicted molar refractivity (Wildman–Crippen MR) is 84.6 cm³/mol. The van der Waals surface area contributed by atoms with E-state index < -0.39 is 11.7 Å². The minimum Gasteiger partial charge on any atom is -0.395 e. The van der Waals surface area contributed by atoms with Crippen LogP contribution in [0.25, 0.3) is 11.1 Å². The molecule has 0 unspecified atom stereocenters. The number of benzene rings is 2. The van der Waals surface area contributed by atoms with E-state index in [2.05, 4.69) is 0 Å². The number of hydrogen-bond acceptors (Lipinski definition) is 2. The van der Waals surface area contributed by atoms with E-state index in [1.807, 2.05) is 6.07 Å². The standard InChI is InChI=1S/C18H16F3NO2/c19-18(20,21)15-5-1-12(2-6-15)13-3-7-16-14(11-13)4-8-17(24)22(16)9-10-23/h1-3,5-7,11,23H,4,8-10H2. The first-order chi connectivity index (χ1) is 11.4. The molecule has 0 radical (unpaired) electrons. The average Bonchev–Trinajstić information content (AvgIpc) is 2.56. The summed E-state index contributed by atoms with van der Waals surface area (Å²) < 4.78 is 37.9. The van der Waals surface area contributed by atoms with Crippen LogP contribution in [0.1, 0.15) is 17.5 Å². The van der Waals surface area contributed by atoms with Crippen LogP contribution in [0.4, 0.5) is 18.9 Å². The first-order valence-electron chi connectivity index (χ1n) is 7.62. The number of aryl methyl sites for hydroxylation is 1. The molecule has 0 atom stereocenters. The van der Waals surface area contributed by atoms with E-state index in [1.165, 1.54) is 12.1 Å². The minimum absolute atomic E-state index is 0.0289. The van der Waals surface area contributed by atoms with E-state index in [1.54, 1.807) is 17.0 Å². The Balaban J connectivity index is 1.93. The van der Waals surface area contributed by atoms with Crippen LogP contribution < -0.4 is 4.90 Å². The number of β-amino-alcohol motifs (C(OH)–C–C–N with tert-alkyl or cyclic N) is 1. The van der Waals surface area contributed by atoms with Crippen molar-refractivity contribution in [3.63, 3.8) is 0 Å². The molecule has 0 spiro atoms. The van der Waals surface area contributed by atoms with Gasteiger partial charge in [0.2, 0.25) is 5.91 Å². The summed E-state index contributed by atoms with van der Waals surface area (Å²) >= 11 is 0. The second kappa shape index (κ2) is 6.28. The van der Waals surface area contributed by atoms with Crippen LogP contribution in [0.2, 0.25) is 0 Å². The Kier molecular flexibility index (Phi) is 4.32. The van der Waals surface area contributed by atoms with Gasteiger partial charge >= 0.3 is 6.18 Å². The lowest BCUT2D eigenvalue weighted by Crippen LogP contribution is -2.37. The summed E-state index contributed by atoms with van der Waals surface area (Å²) in [5.74, 6) is -0.0289. The van der Waals surface area contributed by atoms with Gasteiger partial charge in [-0.25, -0.2) is 0 Å². The monoisotopic (exact) mass is 335 g/mol. The van der Waals surface area contributed by atoms with Crippen molar-refractivity contribution >= 4 is 11.6 Å². The van der Waals surface area contributed by atoms with Crippen molar-refractivity contribution in [3.8, 4) is 11.1 Å². The molecule has 1 N–H and O–H groups in total. The van der Waals surface area contributed by atoms with Gasteiger partial charge < -0.3 is 10.0 Å². The van der Waals surface area contributed by atoms with E-state index in [9.17, 15) is 18.0 Å². The lowest BCUT2D eigenvalue weighted by molar-refractivity contribution is -0.137. The molecular weight excluding hydrogens is 319 g/mol. The Morgan fingerprint density at radius 1 is 1.00 bits per heavy atom. The summed E-state index contributed by atoms with van der Waals surface area (Å²) in [7, 11) is 0. The highest BCUT2D eigenvalue weighted by Crippen LogP contribution is 2.34. The molecule has 0 saturated carbocycles. The molecule has 1 heterocycles. The summed E-state index contributed by atoms with van der Waals surface area (Å²) in [5.41, 5.74) is 2.54. The molecular formula is C18H16F3NO2. The fourth-order valence-corrected chi connectivity index (χ4v) is 2.94. The van der Waals surface area contributed by atoms with Gasteiger partial charge in [0.05, 0.1) is 12.2 Å². The number of aliphatic hydroxyl groups is 1. The molecule has 126 valence electrons. The van der Waals surface area contributed by atoms with Crippen LogP contribution in [0, 0.1) is 0 Å². The van der Waals surface area contributed by atoms with Crippen molar-refractivity contribution in [1.29, 1.82) is 0 Å². The number of rotatable bonds is 3. The van der Waals surface area contributed by atoms with Crippen LogP contribution >= 0.6 is 0 Å². The molecule has 0 fully saturated rings. The second-order valence-corrected chi connectivity index (χ2v) is 5.69. The van der Waals surface area contributed by atoms with Crippen molar-refractivity contribution < 1.29 is 23.1 Å². The molecule has 2 aromatic carbocycles. The third-order valence-electron chi connectivity index (χ3n) is 4.15. The fourth-order valence-electron chi connectivity index (χ4n) is 2.94. The average molecular weight is 335 g/mol. The van der Waals surface area contributed by atoms with Crippen LogP contribution in [0.15, 0.2) is 42.5 Å². The quantitative estimate of drug-likeness (QED) is 0.930. The Bertz CT molecular complexity index is 754. The SMILES string of the molecule is O=C1CCc2cc(-c3ccc(C(F)(F)F)cc3)ccc2N1CCO. The molecule has 24 heavy (non-hydrogen) atoms. The third kappa shape index (κ3) is 3.14. The van der Waals surface area contributed by atoms with Crippen molar-refractivity contribution in [3.05, 3.63) is 53.6 Å². The number of carbonyl (C=O) groups excluding carboxylic acids is 1. The van der Waals surface area contributed by atoms with E-state index in [0.29, 0.717) is 18.4 Å². The zero-order chi connectivity index (χ0) is 17.3. The molecule has 1 aliphatic heterocycles. The first-order valence-corrected chi connectivity index (χ1v) is 7.62. The van der Waals surface area contributed by atoms with Crippen LogP contribution in [-0.2, 0) is 17.4 Å². The van der Waals surface area contributed by atoms with Gasteiger partial charge in [-0.1, -0.05) is 18.2 Å². The maximum atomic E-state index is 12.6. The summed E-state index contributed by atoms with van der Waals surface area (Å²) in [5, 5.41) is 9.10. The number of nitrogens with zero attached hydrogens (tertiary/aromatic N) is 1. The van der Waals surface area contributed by atoms with Crippen molar-refractivity contribution in [1.82, 2.24) is 0 Å². The number of amides is 1. The van der Waals surface area contributed by atoms with E-state index in [-0.39, 0.29) is 19.1 Å². The Hall–Kier alpha value is -2.34. The van der Waals surface area contributed by atoms with Crippen molar-refractivity contribution in [2.24, 2.45) is 0 Å². The Morgan fingerprint density at radius 3 is 2.29 bits per heavy atom. The minimum atomic E-state index is -4.35. The highest BCUT2D eigenvalue weighted by atomic mass is 19.4. The molecule has 3 rings (SSSR count). The van der Waals surface area contributed by atoms with Gasteiger partial charge in [0.1, 0.15) is 0 Å². The lowest BCUT2D eigenvalue weighted by Gasteiger charge is -2.29. The normalized spacial score (nSPS) is 14.7. The number of carbonyl (C=O) groups is 1. The highest BCUT2D eigenvalue weighted by Gasteiger charge is 2.30. The van der Waals surface area contributed by atoms with Gasteiger partial charge in [0.25, 0.3) is 0 Å². The van der Waals surface area contributed by atoms with Crippen LogP contribution in [0.5, 0.6) is 0 Å².